The largest absolute Gasteiger partial charge is 0.455 e. The van der Waals surface area contributed by atoms with E-state index >= 15 is 0 Å². The molecule has 0 spiro atoms. The molecule has 3 atom stereocenters. The van der Waals surface area contributed by atoms with E-state index in [9.17, 15) is 4.79 Å². The average Bonchev–Trinajstić information content (AvgIpc) is 2.77. The van der Waals surface area contributed by atoms with Crippen molar-refractivity contribution >= 4 is 5.97 Å². The number of rotatable bonds is 4. The van der Waals surface area contributed by atoms with E-state index in [0.29, 0.717) is 5.92 Å². The fourth-order valence-electron chi connectivity index (χ4n) is 2.68. The van der Waals surface area contributed by atoms with Gasteiger partial charge >= 0.3 is 5.97 Å². The highest BCUT2D eigenvalue weighted by atomic mass is 16.6. The maximum absolute atomic E-state index is 11.8. The summed E-state index contributed by atoms with van der Waals surface area (Å²) in [6, 6.07) is 0. The summed E-state index contributed by atoms with van der Waals surface area (Å²) in [5.74, 6) is 0.709. The smallest absolute Gasteiger partial charge is 0.309 e. The molecule has 0 aliphatic heterocycles. The van der Waals surface area contributed by atoms with Crippen LogP contribution in [0.2, 0.25) is 0 Å². The molecule has 0 aromatic carbocycles. The molecule has 3 unspecified atom stereocenters. The van der Waals surface area contributed by atoms with Crippen LogP contribution in [-0.2, 0) is 9.53 Å². The molecule has 0 saturated heterocycles. The Morgan fingerprint density at radius 3 is 2.93 bits per heavy atom. The van der Waals surface area contributed by atoms with Crippen molar-refractivity contribution < 1.29 is 9.53 Å². The van der Waals surface area contributed by atoms with Crippen LogP contribution < -0.4 is 0 Å². The Morgan fingerprint density at radius 2 is 2.47 bits per heavy atom. The molecule has 2 bridgehead atoms. The van der Waals surface area contributed by atoms with Gasteiger partial charge in [-0.05, 0) is 37.7 Å². The third-order valence-corrected chi connectivity index (χ3v) is 3.65. The van der Waals surface area contributed by atoms with Crippen molar-refractivity contribution in [2.24, 2.45) is 11.8 Å². The van der Waals surface area contributed by atoms with Gasteiger partial charge in [-0.2, -0.15) is 0 Å². The molecule has 1 fully saturated rings. The van der Waals surface area contributed by atoms with Crippen LogP contribution in [-0.4, -0.2) is 11.6 Å². The number of fused-ring (bicyclic) bond motifs is 2. The Hall–Kier alpha value is -0.790. The van der Waals surface area contributed by atoms with Crippen molar-refractivity contribution in [1.82, 2.24) is 0 Å². The minimum atomic E-state index is -0.219. The second-order valence-corrected chi connectivity index (χ2v) is 5.04. The van der Waals surface area contributed by atoms with Crippen LogP contribution in [0.5, 0.6) is 0 Å². The van der Waals surface area contributed by atoms with E-state index in [1.54, 1.807) is 0 Å². The quantitative estimate of drug-likeness (QED) is 0.524. The lowest BCUT2D eigenvalue weighted by Crippen LogP contribution is -2.31. The highest BCUT2D eigenvalue weighted by Crippen LogP contribution is 2.45. The molecule has 0 N–H and O–H groups in total. The van der Waals surface area contributed by atoms with Gasteiger partial charge in [0.1, 0.15) is 5.60 Å². The average molecular weight is 208 g/mol. The van der Waals surface area contributed by atoms with Gasteiger partial charge in [0.2, 0.25) is 0 Å². The van der Waals surface area contributed by atoms with E-state index < -0.39 is 0 Å². The topological polar surface area (TPSA) is 26.3 Å². The first kappa shape index (κ1) is 10.7. The molecule has 2 heteroatoms. The summed E-state index contributed by atoms with van der Waals surface area (Å²) in [5, 5.41) is 0. The van der Waals surface area contributed by atoms with Gasteiger partial charge in [-0.3, -0.25) is 4.79 Å². The lowest BCUT2D eigenvalue weighted by molar-refractivity contribution is -0.159. The molecular weight excluding hydrogens is 188 g/mol. The monoisotopic (exact) mass is 208 g/mol. The fraction of sp³-hybridized carbons (Fsp3) is 0.769. The first-order chi connectivity index (χ1) is 7.15. The van der Waals surface area contributed by atoms with Crippen LogP contribution in [0.25, 0.3) is 0 Å². The Balaban J connectivity index is 1.91. The molecule has 1 saturated carbocycles. The summed E-state index contributed by atoms with van der Waals surface area (Å²) in [5.41, 5.74) is -0.219. The van der Waals surface area contributed by atoms with E-state index in [-0.39, 0.29) is 17.5 Å². The van der Waals surface area contributed by atoms with Gasteiger partial charge in [0.25, 0.3) is 0 Å². The molecular formula is C13H20O2. The Bertz CT molecular complexity index is 282. The normalized spacial score (nSPS) is 34.4. The van der Waals surface area contributed by atoms with Crippen LogP contribution in [0.15, 0.2) is 12.2 Å². The van der Waals surface area contributed by atoms with Crippen LogP contribution in [0.1, 0.15) is 46.0 Å². The third-order valence-electron chi connectivity index (χ3n) is 3.65. The van der Waals surface area contributed by atoms with E-state index in [2.05, 4.69) is 19.1 Å². The minimum absolute atomic E-state index is 0.0101. The fourth-order valence-corrected chi connectivity index (χ4v) is 2.68. The van der Waals surface area contributed by atoms with Crippen molar-refractivity contribution in [1.29, 1.82) is 0 Å². The zero-order valence-electron chi connectivity index (χ0n) is 9.66. The molecule has 0 aromatic heterocycles. The third kappa shape index (κ3) is 2.09. The molecule has 2 aliphatic rings. The maximum atomic E-state index is 11.8. The number of ether oxygens (including phenoxy) is 1. The van der Waals surface area contributed by atoms with E-state index in [0.717, 1.165) is 25.7 Å². The number of esters is 1. The predicted molar refractivity (Wildman–Crippen MR) is 59.4 cm³/mol. The molecule has 2 nitrogen and oxygen atoms in total. The second-order valence-electron chi connectivity index (χ2n) is 5.04. The van der Waals surface area contributed by atoms with Crippen molar-refractivity contribution in [3.63, 3.8) is 0 Å². The summed E-state index contributed by atoms with van der Waals surface area (Å²) in [4.78, 5) is 11.8. The van der Waals surface area contributed by atoms with E-state index in [1.807, 2.05) is 6.92 Å². The summed E-state index contributed by atoms with van der Waals surface area (Å²) in [7, 11) is 0. The number of carbonyl (C=O) groups excluding carboxylic acids is 1. The second kappa shape index (κ2) is 3.99. The number of allylic oxidation sites excluding steroid dienone is 1. The maximum Gasteiger partial charge on any atom is 0.309 e. The summed E-state index contributed by atoms with van der Waals surface area (Å²) < 4.78 is 5.68. The highest BCUT2D eigenvalue weighted by molar-refractivity contribution is 5.72. The van der Waals surface area contributed by atoms with Crippen molar-refractivity contribution in [2.75, 3.05) is 0 Å². The molecule has 0 aromatic rings. The van der Waals surface area contributed by atoms with Crippen molar-refractivity contribution in [3.8, 4) is 0 Å². The molecule has 2 aliphatic carbocycles. The first-order valence-corrected chi connectivity index (χ1v) is 6.07. The number of carbonyl (C=O) groups is 1. The van der Waals surface area contributed by atoms with Crippen molar-refractivity contribution in [3.05, 3.63) is 12.2 Å². The highest BCUT2D eigenvalue weighted by Gasteiger charge is 2.44. The van der Waals surface area contributed by atoms with Gasteiger partial charge in [0, 0.05) is 0 Å². The Morgan fingerprint density at radius 1 is 1.67 bits per heavy atom. The zero-order chi connectivity index (χ0) is 10.9. The van der Waals surface area contributed by atoms with Gasteiger partial charge in [-0.1, -0.05) is 26.3 Å². The SMILES string of the molecule is CCCC(C)C(=O)OC12C=CC(CC1)C2. The first-order valence-electron chi connectivity index (χ1n) is 6.07. The van der Waals surface area contributed by atoms with Gasteiger partial charge in [0.15, 0.2) is 0 Å². The lowest BCUT2D eigenvalue weighted by atomic mass is 10.0. The van der Waals surface area contributed by atoms with Gasteiger partial charge in [-0.15, -0.1) is 0 Å². The van der Waals surface area contributed by atoms with Crippen LogP contribution in [0, 0.1) is 11.8 Å². The Kier molecular flexibility index (Phi) is 2.85. The van der Waals surface area contributed by atoms with Crippen molar-refractivity contribution in [2.45, 2.75) is 51.6 Å². The van der Waals surface area contributed by atoms with Crippen LogP contribution >= 0.6 is 0 Å². The molecule has 84 valence electrons. The summed E-state index contributed by atoms with van der Waals surface area (Å²) in [6.07, 6.45) is 9.53. The minimum Gasteiger partial charge on any atom is -0.455 e. The van der Waals surface area contributed by atoms with E-state index in [1.165, 1.54) is 6.42 Å². The van der Waals surface area contributed by atoms with Gasteiger partial charge in [-0.25, -0.2) is 0 Å². The molecule has 2 rings (SSSR count). The Labute approximate surface area is 91.7 Å². The predicted octanol–water partition coefficient (Wildman–Crippen LogP) is 3.07. The molecule has 0 amide bonds. The number of hydrogen-bond acceptors (Lipinski definition) is 2. The number of hydrogen-bond donors (Lipinski definition) is 0. The van der Waals surface area contributed by atoms with E-state index in [4.69, 9.17) is 4.74 Å². The summed E-state index contributed by atoms with van der Waals surface area (Å²) in [6.45, 7) is 4.07. The lowest BCUT2D eigenvalue weighted by Gasteiger charge is -2.25. The molecule has 15 heavy (non-hydrogen) atoms. The molecule has 0 radical (unpaired) electrons. The summed E-state index contributed by atoms with van der Waals surface area (Å²) >= 11 is 0. The van der Waals surface area contributed by atoms with Crippen LogP contribution in [0.3, 0.4) is 0 Å². The van der Waals surface area contributed by atoms with Gasteiger partial charge in [0.05, 0.1) is 5.92 Å². The standard InChI is InChI=1S/C13H20O2/c1-3-4-10(2)12(14)15-13-7-5-11(9-13)6-8-13/h5,7,10-11H,3-4,6,8-9H2,1-2H3. The van der Waals surface area contributed by atoms with Gasteiger partial charge < -0.3 is 4.74 Å². The zero-order valence-corrected chi connectivity index (χ0v) is 9.66. The molecule has 0 heterocycles. The van der Waals surface area contributed by atoms with Crippen LogP contribution in [0.4, 0.5) is 0 Å².